The maximum Gasteiger partial charge on any atom is 0.276 e. The summed E-state index contributed by atoms with van der Waals surface area (Å²) in [5, 5.41) is 8.25. The normalized spacial score (nSPS) is 22.0. The van der Waals surface area contributed by atoms with Gasteiger partial charge >= 0.3 is 0 Å². The summed E-state index contributed by atoms with van der Waals surface area (Å²) in [6, 6.07) is 7.29. The standard InChI is InChI=1S/C21H23N5O3/c1-14-11-17(24-28-14)19(27)26-10-4-8-21(13-26,12-15-6-7-15)20-23-18(29-25-20)16-5-2-3-9-22-16/h2-3,5,9,11,15H,4,6-8,10,12-13H2,1H3. The molecule has 0 bridgehead atoms. The number of nitrogens with zero attached hydrogens (tertiary/aromatic N) is 5. The van der Waals surface area contributed by atoms with Crippen molar-refractivity contribution in [2.75, 3.05) is 13.1 Å². The summed E-state index contributed by atoms with van der Waals surface area (Å²) in [7, 11) is 0. The van der Waals surface area contributed by atoms with E-state index in [1.54, 1.807) is 19.2 Å². The number of hydrogen-bond acceptors (Lipinski definition) is 7. The Labute approximate surface area is 168 Å². The molecule has 1 unspecified atom stereocenters. The summed E-state index contributed by atoms with van der Waals surface area (Å²) >= 11 is 0. The molecule has 8 heteroatoms. The van der Waals surface area contributed by atoms with Crippen molar-refractivity contribution in [1.29, 1.82) is 0 Å². The monoisotopic (exact) mass is 393 g/mol. The molecule has 1 saturated carbocycles. The SMILES string of the molecule is Cc1cc(C(=O)N2CCCC(CC3CC3)(c3noc(-c4ccccn4)n3)C2)no1. The minimum absolute atomic E-state index is 0.102. The van der Waals surface area contributed by atoms with E-state index in [9.17, 15) is 4.79 Å². The minimum Gasteiger partial charge on any atom is -0.361 e. The van der Waals surface area contributed by atoms with Crippen LogP contribution in [0.4, 0.5) is 0 Å². The van der Waals surface area contributed by atoms with Crippen LogP contribution in [0.1, 0.15) is 54.2 Å². The lowest BCUT2D eigenvalue weighted by atomic mass is 9.74. The van der Waals surface area contributed by atoms with Gasteiger partial charge in [0.15, 0.2) is 11.5 Å². The van der Waals surface area contributed by atoms with Crippen LogP contribution >= 0.6 is 0 Å². The molecule has 0 spiro atoms. The number of amides is 1. The average molecular weight is 393 g/mol. The molecule has 2 fully saturated rings. The molecule has 29 heavy (non-hydrogen) atoms. The van der Waals surface area contributed by atoms with Crippen LogP contribution in [0.25, 0.3) is 11.6 Å². The predicted octanol–water partition coefficient (Wildman–Crippen LogP) is 3.40. The zero-order chi connectivity index (χ0) is 19.8. The molecule has 1 aliphatic carbocycles. The van der Waals surface area contributed by atoms with Crippen LogP contribution in [-0.2, 0) is 5.41 Å². The van der Waals surface area contributed by atoms with Crippen molar-refractivity contribution in [2.45, 2.75) is 44.4 Å². The second-order valence-corrected chi connectivity index (χ2v) is 8.22. The van der Waals surface area contributed by atoms with Crippen molar-refractivity contribution in [3.8, 4) is 11.6 Å². The van der Waals surface area contributed by atoms with Crippen molar-refractivity contribution in [3.63, 3.8) is 0 Å². The van der Waals surface area contributed by atoms with E-state index in [1.165, 1.54) is 12.8 Å². The summed E-state index contributed by atoms with van der Waals surface area (Å²) in [6.45, 7) is 3.05. The Bertz CT molecular complexity index is 1010. The molecular formula is C21H23N5O3. The number of carbonyl (C=O) groups excluding carboxylic acids is 1. The van der Waals surface area contributed by atoms with Crippen LogP contribution in [0.2, 0.25) is 0 Å². The number of hydrogen-bond donors (Lipinski definition) is 0. The molecule has 3 aromatic rings. The van der Waals surface area contributed by atoms with Gasteiger partial charge in [-0.1, -0.05) is 29.2 Å². The van der Waals surface area contributed by atoms with E-state index < -0.39 is 0 Å². The molecule has 1 aliphatic heterocycles. The van der Waals surface area contributed by atoms with Gasteiger partial charge in [0.25, 0.3) is 11.8 Å². The summed E-state index contributed by atoms with van der Waals surface area (Å²) in [5.41, 5.74) is 0.714. The van der Waals surface area contributed by atoms with Gasteiger partial charge in [-0.05, 0) is 44.2 Å². The number of piperidine rings is 1. The molecule has 5 rings (SSSR count). The van der Waals surface area contributed by atoms with E-state index in [1.807, 2.05) is 23.1 Å². The maximum atomic E-state index is 13.0. The van der Waals surface area contributed by atoms with E-state index >= 15 is 0 Å². The molecule has 1 atom stereocenters. The summed E-state index contributed by atoms with van der Waals surface area (Å²) in [4.78, 5) is 23.9. The predicted molar refractivity (Wildman–Crippen MR) is 103 cm³/mol. The fourth-order valence-corrected chi connectivity index (χ4v) is 4.28. The van der Waals surface area contributed by atoms with Gasteiger partial charge in [0.1, 0.15) is 11.5 Å². The van der Waals surface area contributed by atoms with Gasteiger partial charge in [-0.15, -0.1) is 0 Å². The van der Waals surface area contributed by atoms with Crippen molar-refractivity contribution >= 4 is 5.91 Å². The van der Waals surface area contributed by atoms with E-state index in [4.69, 9.17) is 14.0 Å². The third-order valence-corrected chi connectivity index (χ3v) is 5.87. The zero-order valence-electron chi connectivity index (χ0n) is 16.4. The van der Waals surface area contributed by atoms with Gasteiger partial charge in [-0.25, -0.2) is 0 Å². The first-order valence-electron chi connectivity index (χ1n) is 10.1. The van der Waals surface area contributed by atoms with E-state index in [0.717, 1.165) is 19.3 Å². The zero-order valence-corrected chi connectivity index (χ0v) is 16.4. The number of likely N-dealkylation sites (tertiary alicyclic amines) is 1. The highest BCUT2D eigenvalue weighted by atomic mass is 16.5. The second kappa shape index (κ2) is 7.09. The number of pyridine rings is 1. The van der Waals surface area contributed by atoms with Crippen LogP contribution < -0.4 is 0 Å². The molecule has 0 radical (unpaired) electrons. The van der Waals surface area contributed by atoms with Crippen LogP contribution in [0.5, 0.6) is 0 Å². The first kappa shape index (κ1) is 18.0. The molecule has 0 N–H and O–H groups in total. The number of carbonyl (C=O) groups is 1. The van der Waals surface area contributed by atoms with Gasteiger partial charge in [-0.2, -0.15) is 4.98 Å². The van der Waals surface area contributed by atoms with Crippen LogP contribution in [0.15, 0.2) is 39.5 Å². The Morgan fingerprint density at radius 3 is 2.90 bits per heavy atom. The lowest BCUT2D eigenvalue weighted by Gasteiger charge is -2.40. The van der Waals surface area contributed by atoms with Crippen LogP contribution in [-0.4, -0.2) is 44.2 Å². The molecular weight excluding hydrogens is 370 g/mol. The van der Waals surface area contributed by atoms with Crippen molar-refractivity contribution in [1.82, 2.24) is 25.2 Å². The Balaban J connectivity index is 1.45. The van der Waals surface area contributed by atoms with E-state index in [2.05, 4.69) is 15.3 Å². The van der Waals surface area contributed by atoms with Gasteiger partial charge in [0.2, 0.25) is 0 Å². The molecule has 4 heterocycles. The van der Waals surface area contributed by atoms with Crippen molar-refractivity contribution in [3.05, 3.63) is 47.7 Å². The molecule has 3 aromatic heterocycles. The summed E-state index contributed by atoms with van der Waals surface area (Å²) < 4.78 is 10.7. The molecule has 8 nitrogen and oxygen atoms in total. The summed E-state index contributed by atoms with van der Waals surface area (Å²) in [6.07, 6.45) is 6.96. The number of aromatic nitrogens is 4. The van der Waals surface area contributed by atoms with Gasteiger partial charge in [-0.3, -0.25) is 9.78 Å². The first-order chi connectivity index (χ1) is 14.1. The molecule has 2 aliphatic rings. The van der Waals surface area contributed by atoms with Crippen molar-refractivity contribution in [2.24, 2.45) is 5.92 Å². The molecule has 1 amide bonds. The van der Waals surface area contributed by atoms with Crippen LogP contribution in [0, 0.1) is 12.8 Å². The van der Waals surface area contributed by atoms with Gasteiger partial charge in [0, 0.05) is 25.4 Å². The largest absolute Gasteiger partial charge is 0.361 e. The first-order valence-corrected chi connectivity index (χ1v) is 10.1. The highest BCUT2D eigenvalue weighted by Gasteiger charge is 2.46. The average Bonchev–Trinajstić information content (AvgIpc) is 3.23. The van der Waals surface area contributed by atoms with Gasteiger partial charge in [0.05, 0.1) is 5.41 Å². The van der Waals surface area contributed by atoms with E-state index in [0.29, 0.717) is 47.9 Å². The highest BCUT2D eigenvalue weighted by molar-refractivity contribution is 5.92. The molecule has 150 valence electrons. The fourth-order valence-electron chi connectivity index (χ4n) is 4.28. The van der Waals surface area contributed by atoms with Crippen molar-refractivity contribution < 1.29 is 13.8 Å². The lowest BCUT2D eigenvalue weighted by Crippen LogP contribution is -2.49. The second-order valence-electron chi connectivity index (χ2n) is 8.22. The topological polar surface area (TPSA) is 98.2 Å². The third kappa shape index (κ3) is 3.54. The van der Waals surface area contributed by atoms with E-state index in [-0.39, 0.29) is 11.3 Å². The molecule has 1 saturated heterocycles. The Morgan fingerprint density at radius 1 is 1.28 bits per heavy atom. The smallest absolute Gasteiger partial charge is 0.276 e. The Hall–Kier alpha value is -3.03. The highest BCUT2D eigenvalue weighted by Crippen LogP contribution is 2.46. The van der Waals surface area contributed by atoms with Gasteiger partial charge < -0.3 is 13.9 Å². The van der Waals surface area contributed by atoms with Crippen LogP contribution in [0.3, 0.4) is 0 Å². The Kier molecular flexibility index (Phi) is 4.41. The number of rotatable bonds is 5. The quantitative estimate of drug-likeness (QED) is 0.655. The fraction of sp³-hybridized carbons (Fsp3) is 0.476. The molecule has 0 aromatic carbocycles. The third-order valence-electron chi connectivity index (χ3n) is 5.87. The lowest BCUT2D eigenvalue weighted by molar-refractivity contribution is 0.0597. The maximum absolute atomic E-state index is 13.0. The number of aryl methyl sites for hydroxylation is 1. The Morgan fingerprint density at radius 2 is 2.17 bits per heavy atom. The minimum atomic E-state index is -0.301. The summed E-state index contributed by atoms with van der Waals surface area (Å²) in [5.74, 6) is 2.30.